The molecular weight excluding hydrogens is 320 g/mol. The Balaban J connectivity index is 1.58. The van der Waals surface area contributed by atoms with Crippen molar-refractivity contribution in [2.45, 2.75) is 25.3 Å². The maximum absolute atomic E-state index is 12.0. The summed E-state index contributed by atoms with van der Waals surface area (Å²) in [5.41, 5.74) is 1.60. The van der Waals surface area contributed by atoms with Gasteiger partial charge in [0.1, 0.15) is 4.88 Å². The van der Waals surface area contributed by atoms with Crippen molar-refractivity contribution in [3.8, 4) is 0 Å². The molecule has 1 aromatic heterocycles. The fraction of sp³-hybridized carbons (Fsp3) is 0.250. The summed E-state index contributed by atoms with van der Waals surface area (Å²) < 4.78 is 0. The van der Waals surface area contributed by atoms with E-state index in [4.69, 9.17) is 11.6 Å². The van der Waals surface area contributed by atoms with Gasteiger partial charge in [0.2, 0.25) is 5.91 Å². The Kier molecular flexibility index (Phi) is 4.45. The molecule has 3 rings (SSSR count). The van der Waals surface area contributed by atoms with E-state index in [9.17, 15) is 9.59 Å². The van der Waals surface area contributed by atoms with Crippen LogP contribution in [0.25, 0.3) is 0 Å². The summed E-state index contributed by atoms with van der Waals surface area (Å²) in [5.74, 6) is -0.177. The Morgan fingerprint density at radius 2 is 1.91 bits per heavy atom. The van der Waals surface area contributed by atoms with Crippen molar-refractivity contribution in [1.82, 2.24) is 5.32 Å². The normalized spacial score (nSPS) is 13.7. The molecule has 114 valence electrons. The lowest BCUT2D eigenvalue weighted by Crippen LogP contribution is -2.26. The third-order valence-corrected chi connectivity index (χ3v) is 4.68. The lowest BCUT2D eigenvalue weighted by atomic mass is 10.1. The van der Waals surface area contributed by atoms with Crippen LogP contribution >= 0.6 is 22.9 Å². The monoisotopic (exact) mass is 334 g/mol. The lowest BCUT2D eigenvalue weighted by molar-refractivity contribution is -0.120. The Labute approximate surface area is 137 Å². The predicted molar refractivity (Wildman–Crippen MR) is 88.6 cm³/mol. The van der Waals surface area contributed by atoms with E-state index in [1.165, 1.54) is 11.3 Å². The maximum atomic E-state index is 12.0. The van der Waals surface area contributed by atoms with E-state index in [0.717, 1.165) is 18.4 Å². The van der Waals surface area contributed by atoms with Crippen LogP contribution in [0.3, 0.4) is 0 Å². The predicted octanol–water partition coefficient (Wildman–Crippen LogP) is 3.47. The summed E-state index contributed by atoms with van der Waals surface area (Å²) in [6, 6.07) is 9.35. The molecule has 0 spiro atoms. The summed E-state index contributed by atoms with van der Waals surface area (Å²) in [5, 5.41) is 7.98. The first kappa shape index (κ1) is 15.1. The number of thiophene rings is 1. The Morgan fingerprint density at radius 3 is 2.50 bits per heavy atom. The molecule has 2 aromatic rings. The molecule has 1 aliphatic rings. The van der Waals surface area contributed by atoms with Gasteiger partial charge in [-0.05, 0) is 42.0 Å². The molecule has 0 radical (unpaired) electrons. The molecule has 0 atom stereocenters. The maximum Gasteiger partial charge on any atom is 0.267 e. The van der Waals surface area contributed by atoms with Crippen LogP contribution in [0.1, 0.15) is 28.1 Å². The zero-order chi connectivity index (χ0) is 15.5. The minimum Gasteiger partial charge on any atom is -0.353 e. The second-order valence-corrected chi connectivity index (χ2v) is 6.59. The molecule has 4 nitrogen and oxygen atoms in total. The minimum absolute atomic E-state index is 0.0460. The number of hydrogen-bond acceptors (Lipinski definition) is 3. The van der Waals surface area contributed by atoms with Crippen LogP contribution in [-0.4, -0.2) is 17.9 Å². The zero-order valence-corrected chi connectivity index (χ0v) is 13.3. The van der Waals surface area contributed by atoms with Gasteiger partial charge >= 0.3 is 0 Å². The number of nitrogens with one attached hydrogen (secondary N) is 2. The highest BCUT2D eigenvalue weighted by molar-refractivity contribution is 7.12. The Bertz CT molecular complexity index is 692. The zero-order valence-electron chi connectivity index (χ0n) is 11.8. The van der Waals surface area contributed by atoms with Crippen LogP contribution in [0, 0.1) is 0 Å². The molecular formula is C16H15ClN2O2S. The average Bonchev–Trinajstić information content (AvgIpc) is 3.19. The number of hydrogen-bond donors (Lipinski definition) is 2. The summed E-state index contributed by atoms with van der Waals surface area (Å²) in [6.07, 6.45) is 2.53. The molecule has 1 heterocycles. The van der Waals surface area contributed by atoms with Crippen molar-refractivity contribution in [3.63, 3.8) is 0 Å². The molecule has 0 aliphatic heterocycles. The van der Waals surface area contributed by atoms with E-state index in [1.54, 1.807) is 23.6 Å². The van der Waals surface area contributed by atoms with Crippen LogP contribution in [0.2, 0.25) is 5.02 Å². The minimum atomic E-state index is -0.223. The van der Waals surface area contributed by atoms with E-state index in [-0.39, 0.29) is 11.8 Å². The van der Waals surface area contributed by atoms with Gasteiger partial charge in [-0.15, -0.1) is 11.3 Å². The summed E-state index contributed by atoms with van der Waals surface area (Å²) in [4.78, 5) is 24.3. The third-order valence-electron chi connectivity index (χ3n) is 3.34. The number of benzene rings is 1. The van der Waals surface area contributed by atoms with Gasteiger partial charge in [-0.2, -0.15) is 0 Å². The van der Waals surface area contributed by atoms with Crippen LogP contribution in [0.5, 0.6) is 0 Å². The quantitative estimate of drug-likeness (QED) is 0.879. The highest BCUT2D eigenvalue weighted by Gasteiger charge is 2.23. The topological polar surface area (TPSA) is 58.2 Å². The largest absolute Gasteiger partial charge is 0.353 e. The van der Waals surface area contributed by atoms with Crippen molar-refractivity contribution in [1.29, 1.82) is 0 Å². The van der Waals surface area contributed by atoms with E-state index < -0.39 is 0 Å². The van der Waals surface area contributed by atoms with Gasteiger partial charge in [0.25, 0.3) is 5.91 Å². The first-order chi connectivity index (χ1) is 10.6. The standard InChI is InChI=1S/C16H15ClN2O2S/c17-13-7-8-22-15(13)16(21)19-12-3-1-10(2-4-12)9-14(20)18-11-5-6-11/h1-4,7-8,11H,5-6,9H2,(H,18,20)(H,19,21). The van der Waals surface area contributed by atoms with Gasteiger partial charge in [0, 0.05) is 11.7 Å². The lowest BCUT2D eigenvalue weighted by Gasteiger charge is -2.06. The first-order valence-corrected chi connectivity index (χ1v) is 8.30. The molecule has 2 N–H and O–H groups in total. The van der Waals surface area contributed by atoms with Crippen molar-refractivity contribution >= 4 is 40.4 Å². The highest BCUT2D eigenvalue weighted by Crippen LogP contribution is 2.23. The molecule has 0 unspecified atom stereocenters. The van der Waals surface area contributed by atoms with Crippen molar-refractivity contribution in [2.24, 2.45) is 0 Å². The smallest absolute Gasteiger partial charge is 0.267 e. The second-order valence-electron chi connectivity index (χ2n) is 5.27. The summed E-state index contributed by atoms with van der Waals surface area (Å²) in [7, 11) is 0. The molecule has 0 bridgehead atoms. The fourth-order valence-electron chi connectivity index (χ4n) is 2.04. The van der Waals surface area contributed by atoms with Crippen LogP contribution in [-0.2, 0) is 11.2 Å². The van der Waals surface area contributed by atoms with Crippen LogP contribution in [0.4, 0.5) is 5.69 Å². The molecule has 1 aliphatic carbocycles. The van der Waals surface area contributed by atoms with E-state index in [1.807, 2.05) is 12.1 Å². The van der Waals surface area contributed by atoms with Gasteiger partial charge in [-0.25, -0.2) is 0 Å². The van der Waals surface area contributed by atoms with E-state index in [2.05, 4.69) is 10.6 Å². The van der Waals surface area contributed by atoms with E-state index in [0.29, 0.717) is 28.0 Å². The summed E-state index contributed by atoms with van der Waals surface area (Å²) in [6.45, 7) is 0. The molecule has 22 heavy (non-hydrogen) atoms. The fourth-order valence-corrected chi connectivity index (χ4v) is 3.08. The Hall–Kier alpha value is -1.85. The van der Waals surface area contributed by atoms with Crippen molar-refractivity contribution < 1.29 is 9.59 Å². The van der Waals surface area contributed by atoms with Crippen LogP contribution in [0.15, 0.2) is 35.7 Å². The van der Waals surface area contributed by atoms with E-state index >= 15 is 0 Å². The molecule has 1 fully saturated rings. The Morgan fingerprint density at radius 1 is 1.18 bits per heavy atom. The van der Waals surface area contributed by atoms with Gasteiger partial charge in [0.15, 0.2) is 0 Å². The molecule has 1 aromatic carbocycles. The van der Waals surface area contributed by atoms with Gasteiger partial charge < -0.3 is 10.6 Å². The van der Waals surface area contributed by atoms with Crippen molar-refractivity contribution in [3.05, 3.63) is 51.2 Å². The second kappa shape index (κ2) is 6.50. The highest BCUT2D eigenvalue weighted by atomic mass is 35.5. The SMILES string of the molecule is O=C(Cc1ccc(NC(=O)c2sccc2Cl)cc1)NC1CC1. The van der Waals surface area contributed by atoms with Crippen LogP contribution < -0.4 is 10.6 Å². The molecule has 2 amide bonds. The first-order valence-electron chi connectivity index (χ1n) is 7.04. The molecule has 6 heteroatoms. The van der Waals surface area contributed by atoms with Gasteiger partial charge in [-0.3, -0.25) is 9.59 Å². The van der Waals surface area contributed by atoms with Gasteiger partial charge in [-0.1, -0.05) is 23.7 Å². The molecule has 1 saturated carbocycles. The van der Waals surface area contributed by atoms with Gasteiger partial charge in [0.05, 0.1) is 11.4 Å². The number of anilines is 1. The number of carbonyl (C=O) groups is 2. The number of rotatable bonds is 5. The average molecular weight is 335 g/mol. The number of carbonyl (C=O) groups excluding carboxylic acids is 2. The summed E-state index contributed by atoms with van der Waals surface area (Å²) >= 11 is 7.24. The number of halogens is 1. The van der Waals surface area contributed by atoms with Crippen molar-refractivity contribution in [2.75, 3.05) is 5.32 Å². The third kappa shape index (κ3) is 3.87. The number of amides is 2. The molecule has 0 saturated heterocycles.